The summed E-state index contributed by atoms with van der Waals surface area (Å²) in [5.41, 5.74) is 18.8. The number of benzene rings is 4. The van der Waals surface area contributed by atoms with Gasteiger partial charge in [0.1, 0.15) is 22.9 Å². The molecule has 0 saturated heterocycles. The van der Waals surface area contributed by atoms with Crippen molar-refractivity contribution in [3.63, 3.8) is 0 Å². The van der Waals surface area contributed by atoms with Gasteiger partial charge in [0.2, 0.25) is 29.7 Å². The maximum absolute atomic E-state index is 14.3. The second kappa shape index (κ2) is 24.7. The molecular weight excluding hydrogens is 1150 g/mol. The summed E-state index contributed by atoms with van der Waals surface area (Å²) in [5, 5.41) is 26.4. The van der Waals surface area contributed by atoms with Crippen LogP contribution in [0.5, 0.6) is 0 Å². The van der Waals surface area contributed by atoms with Crippen molar-refractivity contribution in [2.75, 3.05) is 21.3 Å². The van der Waals surface area contributed by atoms with Crippen LogP contribution in [0.3, 0.4) is 0 Å². The first-order valence-corrected chi connectivity index (χ1v) is 31.1. The third-order valence-electron chi connectivity index (χ3n) is 17.2. The standard InChI is InChI=1S/C67H72N20O4/c1-8-85-54(33-40(5)78-85)61(89)75-65-70-48-19-11-12-20-51(48)82(65)30-25-43-36-44(43)26-31-83-53-21-17-18-47(58(53)74-67(83)77-63(91)56-35-42(7)80-87(56)10-3)46-32-39(4)59-50(38-46)72-64(73-57-22-13-14-27-69-57)84(59)29-16-15-28-81-52-24-23-45(60(68)88)37-49(52)71-66(81)76-62(90)55-34-41(6)79-86(55)9-2/h11-14,17-24,27,32-35,37-38,43-44H,8-10,15-16,25-26,28-31,36H2,1-7H3,(H2,68,88)(H,69,72,73)(H,70,75,89)(H,71,76,90)(H,74,77,91)/t43-,44-/m0/s1. The summed E-state index contributed by atoms with van der Waals surface area (Å²) in [5.74, 6) is 2.01. The van der Waals surface area contributed by atoms with E-state index in [4.69, 9.17) is 25.7 Å². The van der Waals surface area contributed by atoms with Crippen LogP contribution < -0.4 is 27.0 Å². The molecule has 2 atom stereocenters. The number of aryl methyl sites for hydroxylation is 11. The van der Waals surface area contributed by atoms with E-state index in [-0.39, 0.29) is 17.7 Å². The van der Waals surface area contributed by atoms with Gasteiger partial charge in [-0.15, -0.1) is 0 Å². The number of carbonyl (C=O) groups is 4. The molecule has 8 aromatic heterocycles. The number of unbranched alkanes of at least 4 members (excludes halogenated alkanes) is 1. The molecule has 0 aliphatic heterocycles. The molecular formula is C67H72N20O4. The molecule has 0 unspecified atom stereocenters. The average Bonchev–Trinajstić information content (AvgIpc) is 1.65. The van der Waals surface area contributed by atoms with E-state index in [2.05, 4.69) is 86.4 Å². The molecule has 13 rings (SSSR count). The van der Waals surface area contributed by atoms with Crippen molar-refractivity contribution in [3.05, 3.63) is 161 Å². The number of imidazole rings is 4. The molecule has 4 amide bonds. The van der Waals surface area contributed by atoms with Crippen molar-refractivity contribution in [3.8, 4) is 11.1 Å². The number of nitrogens with two attached hydrogens (primary N) is 1. The molecule has 464 valence electrons. The van der Waals surface area contributed by atoms with Crippen LogP contribution >= 0.6 is 0 Å². The molecule has 0 bridgehead atoms. The minimum absolute atomic E-state index is 0.246. The van der Waals surface area contributed by atoms with Crippen molar-refractivity contribution >= 4 is 97.4 Å². The first-order chi connectivity index (χ1) is 44.1. The topological polar surface area (TPSA) is 280 Å². The Bertz CT molecular complexity index is 4780. The molecule has 1 saturated carbocycles. The highest BCUT2D eigenvalue weighted by molar-refractivity contribution is 6.06. The number of nitrogens with one attached hydrogen (secondary N) is 4. The zero-order valence-corrected chi connectivity index (χ0v) is 52.0. The Morgan fingerprint density at radius 1 is 0.516 bits per heavy atom. The summed E-state index contributed by atoms with van der Waals surface area (Å²) in [4.78, 5) is 78.8. The molecule has 12 aromatic rings. The number of hydrogen-bond donors (Lipinski definition) is 5. The van der Waals surface area contributed by atoms with Gasteiger partial charge in [0.15, 0.2) is 0 Å². The van der Waals surface area contributed by atoms with Gasteiger partial charge in [0, 0.05) is 63.1 Å². The highest BCUT2D eigenvalue weighted by atomic mass is 16.2. The van der Waals surface area contributed by atoms with E-state index in [1.165, 1.54) is 0 Å². The normalized spacial score (nSPS) is 13.9. The van der Waals surface area contributed by atoms with Crippen LogP contribution in [0, 0.1) is 39.5 Å². The van der Waals surface area contributed by atoms with E-state index in [1.807, 2.05) is 101 Å². The Labute approximate surface area is 523 Å². The van der Waals surface area contributed by atoms with E-state index < -0.39 is 5.91 Å². The first-order valence-electron chi connectivity index (χ1n) is 31.1. The predicted octanol–water partition coefficient (Wildman–Crippen LogP) is 11.2. The fraction of sp³-hybridized carbons (Fsp3) is 0.313. The van der Waals surface area contributed by atoms with Crippen molar-refractivity contribution in [1.82, 2.24) is 72.5 Å². The van der Waals surface area contributed by atoms with Gasteiger partial charge < -0.3 is 29.3 Å². The summed E-state index contributed by atoms with van der Waals surface area (Å²) in [6, 6.07) is 34.6. The van der Waals surface area contributed by atoms with Crippen LogP contribution in [-0.4, -0.2) is 96.2 Å². The van der Waals surface area contributed by atoms with Crippen LogP contribution in [0.25, 0.3) is 55.3 Å². The SMILES string of the molecule is CCn1nc(C)cc1C(=O)Nc1nc2cc(C(N)=O)ccc2n1CCCCn1c(Nc2ccccn2)nc2cc(-c3cccc4c3nc(NC(=O)c3cc(C)nn3CC)n4CC[C@H]3C[C@@H]3CCn3c(NC(=O)c4cc(C)nn4CC)nc4ccccc43)cc(C)c21. The molecule has 0 radical (unpaired) electrons. The lowest BCUT2D eigenvalue weighted by Gasteiger charge is -2.14. The largest absolute Gasteiger partial charge is 0.366 e. The number of fused-ring (bicyclic) bond motifs is 4. The molecule has 6 N–H and O–H groups in total. The Balaban J connectivity index is 0.775. The van der Waals surface area contributed by atoms with Gasteiger partial charge in [-0.05, 0) is 182 Å². The minimum atomic E-state index is -0.569. The number of rotatable bonds is 24. The Hall–Kier alpha value is -10.8. The van der Waals surface area contributed by atoms with Gasteiger partial charge in [0.25, 0.3) is 17.7 Å². The maximum atomic E-state index is 14.3. The van der Waals surface area contributed by atoms with E-state index in [1.54, 1.807) is 50.6 Å². The van der Waals surface area contributed by atoms with Gasteiger partial charge in [-0.1, -0.05) is 30.3 Å². The number of anilines is 5. The zero-order chi connectivity index (χ0) is 63.2. The Kier molecular flexibility index (Phi) is 16.0. The third-order valence-corrected chi connectivity index (χ3v) is 17.2. The third kappa shape index (κ3) is 11.8. The van der Waals surface area contributed by atoms with Gasteiger partial charge in [-0.2, -0.15) is 15.3 Å². The Morgan fingerprint density at radius 2 is 1.04 bits per heavy atom. The van der Waals surface area contributed by atoms with Crippen molar-refractivity contribution in [1.29, 1.82) is 0 Å². The molecule has 4 aromatic carbocycles. The predicted molar refractivity (Wildman–Crippen MR) is 351 cm³/mol. The fourth-order valence-corrected chi connectivity index (χ4v) is 12.8. The number of para-hydroxylation sites is 3. The number of pyridine rings is 1. The van der Waals surface area contributed by atoms with Gasteiger partial charge >= 0.3 is 0 Å². The molecule has 8 heterocycles. The second-order valence-electron chi connectivity index (χ2n) is 23.4. The molecule has 24 heteroatoms. The van der Waals surface area contributed by atoms with Gasteiger partial charge in [-0.25, -0.2) is 24.9 Å². The lowest BCUT2D eigenvalue weighted by molar-refractivity contribution is 0.0994. The number of hydrogen-bond acceptors (Lipinski definition) is 13. The fourth-order valence-electron chi connectivity index (χ4n) is 12.8. The highest BCUT2D eigenvalue weighted by Crippen LogP contribution is 2.45. The van der Waals surface area contributed by atoms with Crippen molar-refractivity contribution in [2.24, 2.45) is 17.6 Å². The van der Waals surface area contributed by atoms with E-state index >= 15 is 0 Å². The Morgan fingerprint density at radius 3 is 1.64 bits per heavy atom. The van der Waals surface area contributed by atoms with E-state index in [9.17, 15) is 19.2 Å². The summed E-state index contributed by atoms with van der Waals surface area (Å²) in [6.45, 7) is 17.6. The van der Waals surface area contributed by atoms with Crippen LogP contribution in [-0.2, 0) is 45.8 Å². The van der Waals surface area contributed by atoms with Gasteiger partial charge in [0.05, 0.1) is 61.2 Å². The number of amides is 4. The average molecular weight is 1220 g/mol. The first kappa shape index (κ1) is 59.2. The van der Waals surface area contributed by atoms with E-state index in [0.29, 0.717) is 128 Å². The van der Waals surface area contributed by atoms with Crippen LogP contribution in [0.2, 0.25) is 0 Å². The number of nitrogens with zero attached hydrogens (tertiary/aromatic N) is 15. The summed E-state index contributed by atoms with van der Waals surface area (Å²) in [7, 11) is 0. The molecule has 24 nitrogen and oxygen atoms in total. The molecule has 1 aliphatic rings. The van der Waals surface area contributed by atoms with Crippen LogP contribution in [0.4, 0.5) is 29.6 Å². The van der Waals surface area contributed by atoms with Crippen LogP contribution in [0.1, 0.15) is 117 Å². The van der Waals surface area contributed by atoms with E-state index in [0.717, 1.165) is 91.7 Å². The summed E-state index contributed by atoms with van der Waals surface area (Å²) in [6.07, 6.45) is 5.94. The minimum Gasteiger partial charge on any atom is -0.366 e. The maximum Gasteiger partial charge on any atom is 0.276 e. The van der Waals surface area contributed by atoms with Crippen molar-refractivity contribution < 1.29 is 19.2 Å². The summed E-state index contributed by atoms with van der Waals surface area (Å²) < 4.78 is 13.5. The number of aromatic nitrogens is 15. The quantitative estimate of drug-likeness (QED) is 0.0352. The smallest absolute Gasteiger partial charge is 0.276 e. The van der Waals surface area contributed by atoms with Crippen molar-refractivity contribution in [2.45, 2.75) is 126 Å². The lowest BCUT2D eigenvalue weighted by Crippen LogP contribution is -2.20. The monoisotopic (exact) mass is 1220 g/mol. The molecule has 0 spiro atoms. The molecule has 1 aliphatic carbocycles. The zero-order valence-electron chi connectivity index (χ0n) is 52.0. The lowest BCUT2D eigenvalue weighted by atomic mass is 10.0. The number of primary amides is 1. The number of carbonyl (C=O) groups excluding carboxylic acids is 4. The van der Waals surface area contributed by atoms with Gasteiger partial charge in [-0.3, -0.25) is 49.2 Å². The summed E-state index contributed by atoms with van der Waals surface area (Å²) >= 11 is 0. The molecule has 1 fully saturated rings. The van der Waals surface area contributed by atoms with Crippen LogP contribution in [0.15, 0.2) is 115 Å². The second-order valence-corrected chi connectivity index (χ2v) is 23.4. The highest BCUT2D eigenvalue weighted by Gasteiger charge is 2.37. The molecule has 91 heavy (non-hydrogen) atoms.